The molecule has 0 bridgehead atoms. The number of pyridine rings is 1. The van der Waals surface area contributed by atoms with Crippen molar-refractivity contribution in [3.8, 4) is 0 Å². The Kier molecular flexibility index (Phi) is 3.64. The molecule has 3 aromatic rings. The molecule has 0 saturated carbocycles. The highest BCUT2D eigenvalue weighted by molar-refractivity contribution is 7.99. The van der Waals surface area contributed by atoms with Crippen LogP contribution in [0.4, 0.5) is 5.95 Å². The molecule has 1 aliphatic heterocycles. The van der Waals surface area contributed by atoms with Crippen molar-refractivity contribution in [1.82, 2.24) is 25.2 Å². The molecule has 0 spiro atoms. The van der Waals surface area contributed by atoms with Gasteiger partial charge in [0.05, 0.1) is 12.1 Å². The number of nitrogens with zero attached hydrogens (tertiary/aromatic N) is 6. The number of rotatable bonds is 3. The van der Waals surface area contributed by atoms with Crippen LogP contribution in [0.3, 0.4) is 0 Å². The topological polar surface area (TPSA) is 59.7 Å². The third kappa shape index (κ3) is 2.52. The third-order valence-corrected chi connectivity index (χ3v) is 4.81. The van der Waals surface area contributed by atoms with Gasteiger partial charge in [-0.1, -0.05) is 23.3 Å². The maximum Gasteiger partial charge on any atom is 0.245 e. The first kappa shape index (κ1) is 13.5. The first-order valence-corrected chi connectivity index (χ1v) is 8.49. The molecule has 22 heavy (non-hydrogen) atoms. The van der Waals surface area contributed by atoms with E-state index >= 15 is 0 Å². The predicted molar refractivity (Wildman–Crippen MR) is 88.2 cm³/mol. The summed E-state index contributed by atoms with van der Waals surface area (Å²) in [5.74, 6) is 3.12. The van der Waals surface area contributed by atoms with E-state index in [0.717, 1.165) is 41.4 Å². The van der Waals surface area contributed by atoms with Gasteiger partial charge < -0.3 is 4.90 Å². The van der Waals surface area contributed by atoms with Crippen molar-refractivity contribution >= 4 is 28.6 Å². The summed E-state index contributed by atoms with van der Waals surface area (Å²) in [5, 5.41) is 13.4. The van der Waals surface area contributed by atoms with Crippen molar-refractivity contribution in [1.29, 1.82) is 0 Å². The molecule has 4 rings (SSSR count). The lowest BCUT2D eigenvalue weighted by Gasteiger charge is -2.26. The van der Waals surface area contributed by atoms with Gasteiger partial charge in [0, 0.05) is 36.2 Å². The minimum absolute atomic E-state index is 0.662. The predicted octanol–water partition coefficient (Wildman–Crippen LogP) is 1.82. The van der Waals surface area contributed by atoms with Crippen LogP contribution in [0, 0.1) is 0 Å². The van der Waals surface area contributed by atoms with E-state index in [1.807, 2.05) is 40.8 Å². The summed E-state index contributed by atoms with van der Waals surface area (Å²) in [6, 6.07) is 10.2. The average molecular weight is 312 g/mol. The van der Waals surface area contributed by atoms with Crippen molar-refractivity contribution < 1.29 is 0 Å². The molecule has 0 unspecified atom stereocenters. The highest BCUT2D eigenvalue weighted by Gasteiger charge is 2.18. The molecular formula is C15H16N6S. The second-order valence-electron chi connectivity index (χ2n) is 5.22. The van der Waals surface area contributed by atoms with Crippen LogP contribution in [0.1, 0.15) is 5.56 Å². The van der Waals surface area contributed by atoms with Gasteiger partial charge in [-0.15, -0.1) is 0 Å². The van der Waals surface area contributed by atoms with E-state index in [-0.39, 0.29) is 0 Å². The largest absolute Gasteiger partial charge is 0.338 e. The van der Waals surface area contributed by atoms with Crippen molar-refractivity contribution in [2.45, 2.75) is 6.54 Å². The van der Waals surface area contributed by atoms with Gasteiger partial charge in [-0.2, -0.15) is 11.8 Å². The Hall–Kier alpha value is -2.15. The molecule has 0 N–H and O–H groups in total. The standard InChI is InChI=1S/C15H16N6S/c1-3-12(13-4-2-6-16-14(13)5-1)11-21-15(17-18-19-21)20-7-9-22-10-8-20/h1-6H,7-11H2. The fourth-order valence-electron chi connectivity index (χ4n) is 2.76. The Labute approximate surface area is 132 Å². The molecule has 1 aromatic carbocycles. The second-order valence-corrected chi connectivity index (χ2v) is 6.45. The number of hydrogen-bond donors (Lipinski definition) is 0. The zero-order chi connectivity index (χ0) is 14.8. The van der Waals surface area contributed by atoms with Crippen molar-refractivity contribution in [2.24, 2.45) is 0 Å². The molecule has 1 saturated heterocycles. The third-order valence-electron chi connectivity index (χ3n) is 3.86. The monoisotopic (exact) mass is 312 g/mol. The minimum Gasteiger partial charge on any atom is -0.338 e. The molecule has 7 heteroatoms. The molecular weight excluding hydrogens is 296 g/mol. The summed E-state index contributed by atoms with van der Waals surface area (Å²) < 4.78 is 1.89. The molecule has 3 heterocycles. The normalized spacial score (nSPS) is 15.4. The molecule has 1 fully saturated rings. The van der Waals surface area contributed by atoms with Crippen molar-refractivity contribution in [3.05, 3.63) is 42.1 Å². The van der Waals surface area contributed by atoms with E-state index in [4.69, 9.17) is 0 Å². The van der Waals surface area contributed by atoms with Gasteiger partial charge in [-0.25, -0.2) is 4.68 Å². The molecule has 0 aliphatic carbocycles. The quantitative estimate of drug-likeness (QED) is 0.735. The van der Waals surface area contributed by atoms with E-state index < -0.39 is 0 Å². The van der Waals surface area contributed by atoms with Gasteiger partial charge in [-0.3, -0.25) is 4.98 Å². The maximum absolute atomic E-state index is 4.41. The lowest BCUT2D eigenvalue weighted by molar-refractivity contribution is 0.636. The van der Waals surface area contributed by atoms with E-state index in [1.54, 1.807) is 0 Å². The highest BCUT2D eigenvalue weighted by atomic mass is 32.2. The van der Waals surface area contributed by atoms with Gasteiger partial charge >= 0.3 is 0 Å². The SMILES string of the molecule is c1cc(Cn2nnnc2N2CCSCC2)c2cccnc2c1. The molecule has 2 aromatic heterocycles. The Morgan fingerprint density at radius 2 is 2.00 bits per heavy atom. The van der Waals surface area contributed by atoms with E-state index in [0.29, 0.717) is 6.54 Å². The molecule has 1 aliphatic rings. The smallest absolute Gasteiger partial charge is 0.245 e. The van der Waals surface area contributed by atoms with Gasteiger partial charge in [0.15, 0.2) is 0 Å². The van der Waals surface area contributed by atoms with E-state index in [2.05, 4.69) is 37.5 Å². The number of anilines is 1. The number of aromatic nitrogens is 5. The van der Waals surface area contributed by atoms with Crippen LogP contribution >= 0.6 is 11.8 Å². The molecule has 0 radical (unpaired) electrons. The Bertz CT molecular complexity index is 775. The number of benzene rings is 1. The van der Waals surface area contributed by atoms with Crippen LogP contribution in [-0.4, -0.2) is 49.8 Å². The van der Waals surface area contributed by atoms with Crippen molar-refractivity contribution in [2.75, 3.05) is 29.5 Å². The molecule has 6 nitrogen and oxygen atoms in total. The van der Waals surface area contributed by atoms with Crippen LogP contribution in [-0.2, 0) is 6.54 Å². The van der Waals surface area contributed by atoms with Gasteiger partial charge in [0.25, 0.3) is 0 Å². The zero-order valence-corrected chi connectivity index (χ0v) is 12.9. The molecule has 112 valence electrons. The fourth-order valence-corrected chi connectivity index (χ4v) is 3.66. The summed E-state index contributed by atoms with van der Waals surface area (Å²) in [6.07, 6.45) is 1.82. The van der Waals surface area contributed by atoms with Crippen molar-refractivity contribution in [3.63, 3.8) is 0 Å². The van der Waals surface area contributed by atoms with Crippen LogP contribution < -0.4 is 4.90 Å². The minimum atomic E-state index is 0.662. The summed E-state index contributed by atoms with van der Waals surface area (Å²) in [7, 11) is 0. The van der Waals surface area contributed by atoms with Crippen LogP contribution in [0.5, 0.6) is 0 Å². The number of fused-ring (bicyclic) bond motifs is 1. The Morgan fingerprint density at radius 3 is 2.91 bits per heavy atom. The zero-order valence-electron chi connectivity index (χ0n) is 12.1. The number of hydrogen-bond acceptors (Lipinski definition) is 6. The average Bonchev–Trinajstić information content (AvgIpc) is 3.04. The Balaban J connectivity index is 1.67. The van der Waals surface area contributed by atoms with Crippen LogP contribution in [0.2, 0.25) is 0 Å². The number of tetrazole rings is 1. The summed E-state index contributed by atoms with van der Waals surface area (Å²) >= 11 is 1.98. The van der Waals surface area contributed by atoms with E-state index in [9.17, 15) is 0 Å². The van der Waals surface area contributed by atoms with Gasteiger partial charge in [0.2, 0.25) is 5.95 Å². The lowest BCUT2D eigenvalue weighted by Crippen LogP contribution is -2.34. The fraction of sp³-hybridized carbons (Fsp3) is 0.333. The maximum atomic E-state index is 4.41. The van der Waals surface area contributed by atoms with Crippen LogP contribution in [0.25, 0.3) is 10.9 Å². The molecule has 0 amide bonds. The summed E-state index contributed by atoms with van der Waals surface area (Å²) in [4.78, 5) is 6.67. The van der Waals surface area contributed by atoms with Gasteiger partial charge in [-0.05, 0) is 28.1 Å². The first-order valence-electron chi connectivity index (χ1n) is 7.33. The molecule has 0 atom stereocenters. The summed E-state index contributed by atoms with van der Waals surface area (Å²) in [6.45, 7) is 2.67. The van der Waals surface area contributed by atoms with E-state index in [1.165, 1.54) is 5.56 Å². The number of thioether (sulfide) groups is 1. The summed E-state index contributed by atoms with van der Waals surface area (Å²) in [5.41, 5.74) is 2.19. The second kappa shape index (κ2) is 5.92. The Morgan fingerprint density at radius 1 is 1.09 bits per heavy atom. The first-order chi connectivity index (χ1) is 10.9. The lowest BCUT2D eigenvalue weighted by atomic mass is 10.1. The van der Waals surface area contributed by atoms with Crippen LogP contribution in [0.15, 0.2) is 36.5 Å². The highest BCUT2D eigenvalue weighted by Crippen LogP contribution is 2.20. The van der Waals surface area contributed by atoms with Gasteiger partial charge in [0.1, 0.15) is 0 Å².